The number of aromatic nitrogens is 2. The van der Waals surface area contributed by atoms with Crippen LogP contribution in [0, 0.1) is 13.8 Å². The van der Waals surface area contributed by atoms with Crippen molar-refractivity contribution in [2.24, 2.45) is 0 Å². The van der Waals surface area contributed by atoms with Gasteiger partial charge in [0.2, 0.25) is 0 Å². The van der Waals surface area contributed by atoms with Crippen molar-refractivity contribution in [3.05, 3.63) is 65.5 Å². The van der Waals surface area contributed by atoms with Gasteiger partial charge < -0.3 is 10.5 Å². The highest BCUT2D eigenvalue weighted by Gasteiger charge is 2.13. The average Bonchev–Trinajstić information content (AvgIpc) is 2.83. The van der Waals surface area contributed by atoms with E-state index in [1.165, 1.54) is 11.1 Å². The van der Waals surface area contributed by atoms with Crippen LogP contribution >= 0.6 is 0 Å². The van der Waals surface area contributed by atoms with Gasteiger partial charge in [-0.3, -0.25) is 4.68 Å². The highest BCUT2D eigenvalue weighted by molar-refractivity contribution is 5.70. The highest BCUT2D eigenvalue weighted by Crippen LogP contribution is 2.28. The lowest BCUT2D eigenvalue weighted by molar-refractivity contribution is 0.414. The first-order valence-corrected chi connectivity index (χ1v) is 7.61. The third-order valence-electron chi connectivity index (χ3n) is 4.07. The van der Waals surface area contributed by atoms with E-state index in [1.807, 2.05) is 48.0 Å². The monoisotopic (exact) mass is 307 g/mol. The van der Waals surface area contributed by atoms with Crippen molar-refractivity contribution in [1.82, 2.24) is 9.78 Å². The molecule has 0 saturated carbocycles. The summed E-state index contributed by atoms with van der Waals surface area (Å²) in [5.41, 5.74) is 12.3. The van der Waals surface area contributed by atoms with Crippen molar-refractivity contribution in [3.63, 3.8) is 0 Å². The molecule has 3 aromatic rings. The number of methoxy groups -OCH3 is 1. The van der Waals surface area contributed by atoms with Crippen LogP contribution < -0.4 is 10.5 Å². The molecule has 118 valence electrons. The molecule has 0 unspecified atom stereocenters. The van der Waals surface area contributed by atoms with Gasteiger partial charge in [0.05, 0.1) is 19.3 Å². The number of nitrogens with zero attached hydrogens (tertiary/aromatic N) is 2. The number of hydrogen-bond donors (Lipinski definition) is 1. The van der Waals surface area contributed by atoms with Crippen molar-refractivity contribution in [1.29, 1.82) is 0 Å². The Morgan fingerprint density at radius 3 is 2.26 bits per heavy atom. The smallest absolute Gasteiger partial charge is 0.118 e. The largest absolute Gasteiger partial charge is 0.497 e. The number of anilines is 1. The second-order valence-electron chi connectivity index (χ2n) is 5.67. The lowest BCUT2D eigenvalue weighted by atomic mass is 10.0. The zero-order chi connectivity index (χ0) is 16.4. The number of rotatable bonds is 4. The average molecular weight is 307 g/mol. The molecule has 0 radical (unpaired) electrons. The summed E-state index contributed by atoms with van der Waals surface area (Å²) >= 11 is 0. The molecule has 23 heavy (non-hydrogen) atoms. The Balaban J connectivity index is 1.92. The Bertz CT molecular complexity index is 802. The normalized spacial score (nSPS) is 10.7. The first kappa shape index (κ1) is 15.2. The van der Waals surface area contributed by atoms with Gasteiger partial charge in [0.15, 0.2) is 0 Å². The molecule has 3 rings (SSSR count). The van der Waals surface area contributed by atoms with Gasteiger partial charge in [-0.1, -0.05) is 24.3 Å². The van der Waals surface area contributed by atoms with Crippen LogP contribution in [0.2, 0.25) is 0 Å². The number of benzene rings is 2. The molecule has 4 nitrogen and oxygen atoms in total. The molecular weight excluding hydrogens is 286 g/mol. The van der Waals surface area contributed by atoms with E-state index in [4.69, 9.17) is 15.6 Å². The van der Waals surface area contributed by atoms with Crippen LogP contribution in [0.3, 0.4) is 0 Å². The molecule has 0 bridgehead atoms. The van der Waals surface area contributed by atoms with Gasteiger partial charge in [-0.05, 0) is 49.2 Å². The van der Waals surface area contributed by atoms with Gasteiger partial charge in [-0.25, -0.2) is 0 Å². The summed E-state index contributed by atoms with van der Waals surface area (Å²) in [5.74, 6) is 0.865. The molecule has 2 aromatic carbocycles. The molecule has 2 N–H and O–H groups in total. The van der Waals surface area contributed by atoms with E-state index in [-0.39, 0.29) is 0 Å². The Morgan fingerprint density at radius 1 is 1.00 bits per heavy atom. The van der Waals surface area contributed by atoms with E-state index in [1.54, 1.807) is 7.11 Å². The van der Waals surface area contributed by atoms with E-state index in [0.29, 0.717) is 0 Å². The summed E-state index contributed by atoms with van der Waals surface area (Å²) in [5, 5.41) is 4.70. The molecule has 1 aromatic heterocycles. The molecule has 1 heterocycles. The standard InChI is InChI=1S/C19H21N3O/c1-13-19(16-6-8-17(20)9-7-16)14(2)22(21-13)12-15-4-10-18(23-3)11-5-15/h4-11H,12,20H2,1-3H3. The lowest BCUT2D eigenvalue weighted by Gasteiger charge is -2.07. The first-order chi connectivity index (χ1) is 11.1. The molecule has 0 aliphatic heterocycles. The van der Waals surface area contributed by atoms with Crippen molar-refractivity contribution in [2.75, 3.05) is 12.8 Å². The van der Waals surface area contributed by atoms with E-state index in [9.17, 15) is 0 Å². The van der Waals surface area contributed by atoms with Crippen LogP contribution in [0.1, 0.15) is 17.0 Å². The van der Waals surface area contributed by atoms with Crippen LogP contribution in [0.5, 0.6) is 5.75 Å². The maximum absolute atomic E-state index is 5.78. The Labute approximate surface area is 136 Å². The number of aryl methyl sites for hydroxylation is 1. The second kappa shape index (κ2) is 6.16. The van der Waals surface area contributed by atoms with Gasteiger partial charge >= 0.3 is 0 Å². The van der Waals surface area contributed by atoms with Gasteiger partial charge in [-0.2, -0.15) is 5.10 Å². The summed E-state index contributed by atoms with van der Waals surface area (Å²) < 4.78 is 7.25. The maximum atomic E-state index is 5.78. The van der Waals surface area contributed by atoms with Gasteiger partial charge in [-0.15, -0.1) is 0 Å². The molecule has 0 aliphatic rings. The Kier molecular flexibility index (Phi) is 4.06. The van der Waals surface area contributed by atoms with E-state index >= 15 is 0 Å². The Morgan fingerprint density at radius 2 is 1.65 bits per heavy atom. The minimum Gasteiger partial charge on any atom is -0.497 e. The maximum Gasteiger partial charge on any atom is 0.118 e. The molecule has 0 aliphatic carbocycles. The van der Waals surface area contributed by atoms with Crippen LogP contribution in [-0.4, -0.2) is 16.9 Å². The number of ether oxygens (including phenoxy) is 1. The molecule has 0 atom stereocenters. The number of nitrogen functional groups attached to an aromatic ring is 1. The van der Waals surface area contributed by atoms with Crippen LogP contribution in [0.4, 0.5) is 5.69 Å². The summed E-state index contributed by atoms with van der Waals surface area (Å²) in [7, 11) is 1.68. The summed E-state index contributed by atoms with van der Waals surface area (Å²) in [6, 6.07) is 16.0. The third-order valence-corrected chi connectivity index (χ3v) is 4.07. The van der Waals surface area contributed by atoms with Crippen LogP contribution in [0.25, 0.3) is 11.1 Å². The van der Waals surface area contributed by atoms with E-state index < -0.39 is 0 Å². The van der Waals surface area contributed by atoms with Crippen LogP contribution in [-0.2, 0) is 6.54 Å². The fourth-order valence-electron chi connectivity index (χ4n) is 2.82. The molecule has 0 amide bonds. The quantitative estimate of drug-likeness (QED) is 0.746. The summed E-state index contributed by atoms with van der Waals surface area (Å²) in [4.78, 5) is 0. The van der Waals surface area contributed by atoms with Gasteiger partial charge in [0, 0.05) is 16.9 Å². The fourth-order valence-corrected chi connectivity index (χ4v) is 2.82. The molecule has 0 saturated heterocycles. The number of hydrogen-bond acceptors (Lipinski definition) is 3. The predicted octanol–water partition coefficient (Wildman–Crippen LogP) is 3.81. The van der Waals surface area contributed by atoms with Gasteiger partial charge in [0.1, 0.15) is 5.75 Å². The minimum absolute atomic E-state index is 0.742. The Hall–Kier alpha value is -2.75. The minimum atomic E-state index is 0.742. The molecular formula is C19H21N3O. The molecule has 0 spiro atoms. The third kappa shape index (κ3) is 3.06. The van der Waals surface area contributed by atoms with Crippen LogP contribution in [0.15, 0.2) is 48.5 Å². The lowest BCUT2D eigenvalue weighted by Crippen LogP contribution is -2.04. The van der Waals surface area contributed by atoms with Crippen molar-refractivity contribution >= 4 is 5.69 Å². The zero-order valence-corrected chi connectivity index (χ0v) is 13.7. The van der Waals surface area contributed by atoms with Gasteiger partial charge in [0.25, 0.3) is 0 Å². The van der Waals surface area contributed by atoms with E-state index in [0.717, 1.165) is 34.9 Å². The molecule has 0 fully saturated rings. The van der Waals surface area contributed by atoms with E-state index in [2.05, 4.69) is 19.1 Å². The first-order valence-electron chi connectivity index (χ1n) is 7.61. The zero-order valence-electron chi connectivity index (χ0n) is 13.7. The number of nitrogens with two attached hydrogens (primary N) is 1. The van der Waals surface area contributed by atoms with Crippen molar-refractivity contribution < 1.29 is 4.74 Å². The van der Waals surface area contributed by atoms with Crippen molar-refractivity contribution in [2.45, 2.75) is 20.4 Å². The topological polar surface area (TPSA) is 53.1 Å². The summed E-state index contributed by atoms with van der Waals surface area (Å²) in [6.45, 7) is 4.89. The van der Waals surface area contributed by atoms with Crippen molar-refractivity contribution in [3.8, 4) is 16.9 Å². The molecule has 4 heteroatoms. The predicted molar refractivity (Wildman–Crippen MR) is 93.6 cm³/mol. The second-order valence-corrected chi connectivity index (χ2v) is 5.67. The SMILES string of the molecule is COc1ccc(Cn2nc(C)c(-c3ccc(N)cc3)c2C)cc1. The highest BCUT2D eigenvalue weighted by atomic mass is 16.5. The summed E-state index contributed by atoms with van der Waals surface area (Å²) in [6.07, 6.45) is 0. The fraction of sp³-hybridized carbons (Fsp3) is 0.211.